The molecule has 0 N–H and O–H groups in total. The molecule has 5 nitrogen and oxygen atoms in total. The van der Waals surface area contributed by atoms with Crippen LogP contribution in [-0.2, 0) is 16.5 Å². The SMILES string of the molecule is CCc1ccc(N=Nc2ccc(OS(=O)(=O)C(F)(F)F)cc2)cc1. The van der Waals surface area contributed by atoms with Crippen molar-refractivity contribution >= 4 is 21.5 Å². The third-order valence-electron chi connectivity index (χ3n) is 2.95. The van der Waals surface area contributed by atoms with E-state index < -0.39 is 21.4 Å². The number of azo groups is 1. The van der Waals surface area contributed by atoms with Gasteiger partial charge in [0.25, 0.3) is 0 Å². The minimum atomic E-state index is -5.68. The van der Waals surface area contributed by atoms with Gasteiger partial charge in [-0.3, -0.25) is 0 Å². The van der Waals surface area contributed by atoms with Gasteiger partial charge in [0, 0.05) is 0 Å². The molecule has 0 aromatic heterocycles. The van der Waals surface area contributed by atoms with Crippen LogP contribution in [0.1, 0.15) is 12.5 Å². The zero-order valence-electron chi connectivity index (χ0n) is 12.5. The van der Waals surface area contributed by atoms with Crippen molar-refractivity contribution in [3.63, 3.8) is 0 Å². The van der Waals surface area contributed by atoms with Crippen molar-refractivity contribution < 1.29 is 25.8 Å². The molecule has 0 amide bonds. The van der Waals surface area contributed by atoms with Crippen LogP contribution < -0.4 is 4.18 Å². The molecule has 0 saturated heterocycles. The molecule has 0 heterocycles. The summed E-state index contributed by atoms with van der Waals surface area (Å²) >= 11 is 0. The summed E-state index contributed by atoms with van der Waals surface area (Å²) in [6, 6.07) is 12.1. The van der Waals surface area contributed by atoms with Crippen LogP contribution in [0, 0.1) is 0 Å². The van der Waals surface area contributed by atoms with Crippen molar-refractivity contribution in [2.75, 3.05) is 0 Å². The Hall–Kier alpha value is -2.42. The summed E-state index contributed by atoms with van der Waals surface area (Å²) in [5.41, 5.74) is -3.37. The quantitative estimate of drug-likeness (QED) is 0.434. The van der Waals surface area contributed by atoms with Crippen LogP contribution >= 0.6 is 0 Å². The molecule has 0 radical (unpaired) electrons. The fourth-order valence-electron chi connectivity index (χ4n) is 1.66. The van der Waals surface area contributed by atoms with E-state index in [1.54, 1.807) is 12.1 Å². The summed E-state index contributed by atoms with van der Waals surface area (Å²) in [5.74, 6) is -0.460. The summed E-state index contributed by atoms with van der Waals surface area (Å²) in [4.78, 5) is 0. The van der Waals surface area contributed by atoms with Crippen molar-refractivity contribution in [2.24, 2.45) is 10.2 Å². The topological polar surface area (TPSA) is 68.1 Å². The number of halogens is 3. The van der Waals surface area contributed by atoms with Gasteiger partial charge in [0.15, 0.2) is 0 Å². The molecular weight excluding hydrogens is 345 g/mol. The summed E-state index contributed by atoms with van der Waals surface area (Å²) in [7, 11) is -5.68. The van der Waals surface area contributed by atoms with Crippen molar-refractivity contribution in [3.05, 3.63) is 54.1 Å². The third kappa shape index (κ3) is 4.54. The Kier molecular flexibility index (Phi) is 5.23. The average Bonchev–Trinajstić information content (AvgIpc) is 2.53. The highest BCUT2D eigenvalue weighted by molar-refractivity contribution is 7.88. The normalized spacial score (nSPS) is 12.5. The van der Waals surface area contributed by atoms with Gasteiger partial charge < -0.3 is 4.18 Å². The van der Waals surface area contributed by atoms with E-state index in [4.69, 9.17) is 0 Å². The Morgan fingerprint density at radius 2 is 1.38 bits per heavy atom. The molecule has 0 fully saturated rings. The van der Waals surface area contributed by atoms with Gasteiger partial charge in [-0.05, 0) is 48.4 Å². The van der Waals surface area contributed by atoms with Gasteiger partial charge in [0.1, 0.15) is 5.75 Å². The maximum atomic E-state index is 12.2. The molecule has 0 saturated carbocycles. The van der Waals surface area contributed by atoms with Gasteiger partial charge in [0.2, 0.25) is 0 Å². The molecule has 2 rings (SSSR count). The number of hydrogen-bond donors (Lipinski definition) is 0. The lowest BCUT2D eigenvalue weighted by Crippen LogP contribution is -2.27. The molecular formula is C15H13F3N2O3S. The first-order chi connectivity index (χ1) is 11.2. The standard InChI is InChI=1S/C15H13F3N2O3S/c1-2-11-3-5-12(6-4-11)19-20-13-7-9-14(10-8-13)23-24(21,22)15(16,17)18/h3-10H,2H2,1H3. The van der Waals surface area contributed by atoms with Gasteiger partial charge >= 0.3 is 15.6 Å². The Morgan fingerprint density at radius 1 is 0.917 bits per heavy atom. The van der Waals surface area contributed by atoms with Gasteiger partial charge in [-0.25, -0.2) is 0 Å². The number of aryl methyl sites for hydroxylation is 1. The zero-order chi connectivity index (χ0) is 17.8. The predicted octanol–water partition coefficient (Wildman–Crippen LogP) is 4.89. The zero-order valence-corrected chi connectivity index (χ0v) is 13.3. The van der Waals surface area contributed by atoms with Gasteiger partial charge in [0.05, 0.1) is 11.4 Å². The molecule has 0 aliphatic carbocycles. The first-order valence-corrected chi connectivity index (χ1v) is 8.23. The Bertz CT molecular complexity index is 815. The van der Waals surface area contributed by atoms with Crippen molar-refractivity contribution in [1.82, 2.24) is 0 Å². The summed E-state index contributed by atoms with van der Waals surface area (Å²) in [6.07, 6.45) is 0.902. The smallest absolute Gasteiger partial charge is 0.376 e. The average molecular weight is 358 g/mol. The van der Waals surface area contributed by atoms with E-state index in [2.05, 4.69) is 14.4 Å². The number of rotatable bonds is 5. The van der Waals surface area contributed by atoms with E-state index in [0.29, 0.717) is 11.4 Å². The van der Waals surface area contributed by atoms with Crippen molar-refractivity contribution in [3.8, 4) is 5.75 Å². The highest BCUT2D eigenvalue weighted by Crippen LogP contribution is 2.28. The Balaban J connectivity index is 2.07. The van der Waals surface area contributed by atoms with E-state index in [1.165, 1.54) is 12.1 Å². The van der Waals surface area contributed by atoms with Crippen molar-refractivity contribution in [1.29, 1.82) is 0 Å². The molecule has 2 aromatic carbocycles. The molecule has 128 valence electrons. The van der Waals surface area contributed by atoms with Crippen LogP contribution in [0.15, 0.2) is 58.8 Å². The molecule has 2 aromatic rings. The summed E-state index contributed by atoms with van der Waals surface area (Å²) in [6.45, 7) is 2.03. The minimum absolute atomic E-state index is 0.339. The lowest BCUT2D eigenvalue weighted by molar-refractivity contribution is -0.0500. The second-order valence-electron chi connectivity index (χ2n) is 4.70. The van der Waals surface area contributed by atoms with Crippen LogP contribution in [0.4, 0.5) is 24.5 Å². The first-order valence-electron chi connectivity index (χ1n) is 6.83. The van der Waals surface area contributed by atoms with Crippen molar-refractivity contribution in [2.45, 2.75) is 18.9 Å². The largest absolute Gasteiger partial charge is 0.534 e. The predicted molar refractivity (Wildman–Crippen MR) is 82.0 cm³/mol. The van der Waals surface area contributed by atoms with Gasteiger partial charge in [-0.1, -0.05) is 19.1 Å². The number of alkyl halides is 3. The number of benzene rings is 2. The van der Waals surface area contributed by atoms with E-state index in [9.17, 15) is 21.6 Å². The highest BCUT2D eigenvalue weighted by Gasteiger charge is 2.48. The Morgan fingerprint density at radius 3 is 1.79 bits per heavy atom. The summed E-state index contributed by atoms with van der Waals surface area (Å²) < 4.78 is 62.4. The molecule has 9 heteroatoms. The lowest BCUT2D eigenvalue weighted by atomic mass is 10.2. The molecule has 0 aliphatic heterocycles. The molecule has 0 unspecified atom stereocenters. The Labute approximate surface area is 136 Å². The van der Waals surface area contributed by atoms with Crippen LogP contribution in [0.25, 0.3) is 0 Å². The molecule has 24 heavy (non-hydrogen) atoms. The second kappa shape index (κ2) is 7.00. The molecule has 0 bridgehead atoms. The first kappa shape index (κ1) is 17.9. The summed E-state index contributed by atoms with van der Waals surface area (Å²) in [5, 5.41) is 7.90. The number of hydrogen-bond acceptors (Lipinski definition) is 5. The number of nitrogens with zero attached hydrogens (tertiary/aromatic N) is 2. The maximum Gasteiger partial charge on any atom is 0.534 e. The highest BCUT2D eigenvalue weighted by atomic mass is 32.2. The fraction of sp³-hybridized carbons (Fsp3) is 0.200. The van der Waals surface area contributed by atoms with Crippen LogP contribution in [-0.4, -0.2) is 13.9 Å². The lowest BCUT2D eigenvalue weighted by Gasteiger charge is -2.09. The van der Waals surface area contributed by atoms with E-state index >= 15 is 0 Å². The molecule has 0 aliphatic rings. The van der Waals surface area contributed by atoms with E-state index in [-0.39, 0.29) is 0 Å². The fourth-order valence-corrected chi connectivity index (χ4v) is 2.12. The van der Waals surface area contributed by atoms with Crippen LogP contribution in [0.2, 0.25) is 0 Å². The second-order valence-corrected chi connectivity index (χ2v) is 6.23. The van der Waals surface area contributed by atoms with E-state index in [0.717, 1.165) is 24.1 Å². The van der Waals surface area contributed by atoms with Crippen LogP contribution in [0.5, 0.6) is 5.75 Å². The molecule has 0 atom stereocenters. The third-order valence-corrected chi connectivity index (χ3v) is 3.93. The van der Waals surface area contributed by atoms with Gasteiger partial charge in [-0.2, -0.15) is 31.8 Å². The molecule has 0 spiro atoms. The van der Waals surface area contributed by atoms with Crippen LogP contribution in [0.3, 0.4) is 0 Å². The van der Waals surface area contributed by atoms with E-state index in [1.807, 2.05) is 19.1 Å². The minimum Gasteiger partial charge on any atom is -0.376 e. The monoisotopic (exact) mass is 358 g/mol. The maximum absolute atomic E-state index is 12.2. The van der Waals surface area contributed by atoms with Gasteiger partial charge in [-0.15, -0.1) is 0 Å².